The van der Waals surface area contributed by atoms with Gasteiger partial charge in [-0.2, -0.15) is 0 Å². The van der Waals surface area contributed by atoms with Crippen LogP contribution in [0.1, 0.15) is 12.5 Å². The molecular weight excluding hydrogens is 339 g/mol. The van der Waals surface area contributed by atoms with Gasteiger partial charge in [0.05, 0.1) is 0 Å². The fraction of sp³-hybridized carbons (Fsp3) is 0.214. The molecule has 1 N–H and O–H groups in total. The zero-order valence-electron chi connectivity index (χ0n) is 10.2. The van der Waals surface area contributed by atoms with Gasteiger partial charge in [0.25, 0.3) is 0 Å². The van der Waals surface area contributed by atoms with Gasteiger partial charge in [0.2, 0.25) is 0 Å². The molecule has 0 saturated carbocycles. The fourth-order valence-corrected chi connectivity index (χ4v) is 1.99. The first-order valence-corrected chi connectivity index (χ1v) is 6.94. The molecule has 0 unspecified atom stereocenters. The fourth-order valence-electron chi connectivity index (χ4n) is 1.57. The summed E-state index contributed by atoms with van der Waals surface area (Å²) in [6.07, 6.45) is 0. The normalized spacial score (nSPS) is 10.1. The molecule has 1 aromatic heterocycles. The van der Waals surface area contributed by atoms with E-state index in [0.29, 0.717) is 6.61 Å². The Labute approximate surface area is 121 Å². The van der Waals surface area contributed by atoms with Crippen molar-refractivity contribution >= 4 is 28.4 Å². The molecule has 2 aromatic rings. The van der Waals surface area contributed by atoms with Crippen molar-refractivity contribution in [2.75, 3.05) is 11.9 Å². The van der Waals surface area contributed by atoms with Gasteiger partial charge in [0.1, 0.15) is 10.3 Å². The third kappa shape index (κ3) is 3.60. The number of ether oxygens (including phenoxy) is 1. The summed E-state index contributed by atoms with van der Waals surface area (Å²) in [7, 11) is 0. The lowest BCUT2D eigenvalue weighted by Crippen LogP contribution is -2.04. The minimum Gasteiger partial charge on any atom is -0.485 e. The Hall–Kier alpha value is -1.30. The molecule has 0 aliphatic carbocycles. The lowest BCUT2D eigenvalue weighted by atomic mass is 10.2. The van der Waals surface area contributed by atoms with Crippen LogP contribution < -0.4 is 10.1 Å². The van der Waals surface area contributed by atoms with E-state index in [1.807, 2.05) is 49.4 Å². The predicted molar refractivity (Wildman–Crippen MR) is 81.9 cm³/mol. The van der Waals surface area contributed by atoms with Crippen LogP contribution in [0.15, 0.2) is 42.5 Å². The minimum absolute atomic E-state index is 0.557. The van der Waals surface area contributed by atoms with E-state index >= 15 is 0 Å². The van der Waals surface area contributed by atoms with Crippen molar-refractivity contribution in [2.45, 2.75) is 13.5 Å². The monoisotopic (exact) mass is 354 g/mol. The number of pyridine rings is 1. The molecule has 18 heavy (non-hydrogen) atoms. The van der Waals surface area contributed by atoms with Crippen LogP contribution in [-0.4, -0.2) is 11.5 Å². The highest BCUT2D eigenvalue weighted by molar-refractivity contribution is 14.1. The zero-order valence-corrected chi connectivity index (χ0v) is 12.3. The van der Waals surface area contributed by atoms with E-state index in [1.54, 1.807) is 0 Å². The summed E-state index contributed by atoms with van der Waals surface area (Å²) >= 11 is 2.20. The molecule has 0 aliphatic rings. The molecule has 3 nitrogen and oxygen atoms in total. The summed E-state index contributed by atoms with van der Waals surface area (Å²) < 4.78 is 6.76. The van der Waals surface area contributed by atoms with Crippen LogP contribution in [0.4, 0.5) is 5.82 Å². The van der Waals surface area contributed by atoms with Crippen molar-refractivity contribution in [3.05, 3.63) is 51.7 Å². The highest BCUT2D eigenvalue weighted by Gasteiger charge is 2.05. The minimum atomic E-state index is 0.557. The Morgan fingerprint density at radius 1 is 1.17 bits per heavy atom. The Morgan fingerprint density at radius 3 is 2.67 bits per heavy atom. The molecule has 0 aliphatic heterocycles. The second-order valence-corrected chi connectivity index (χ2v) is 4.89. The molecule has 0 amide bonds. The number of hydrogen-bond acceptors (Lipinski definition) is 3. The molecule has 0 fully saturated rings. The maximum Gasteiger partial charge on any atom is 0.169 e. The van der Waals surface area contributed by atoms with Crippen molar-refractivity contribution in [1.29, 1.82) is 0 Å². The van der Waals surface area contributed by atoms with Crippen molar-refractivity contribution < 1.29 is 4.74 Å². The van der Waals surface area contributed by atoms with Gasteiger partial charge in [0.15, 0.2) is 11.6 Å². The molecule has 94 valence electrons. The second kappa shape index (κ2) is 6.58. The van der Waals surface area contributed by atoms with Crippen molar-refractivity contribution in [2.24, 2.45) is 0 Å². The van der Waals surface area contributed by atoms with E-state index in [2.05, 4.69) is 32.9 Å². The van der Waals surface area contributed by atoms with Gasteiger partial charge in [-0.1, -0.05) is 30.3 Å². The van der Waals surface area contributed by atoms with Crippen LogP contribution in [0.5, 0.6) is 5.75 Å². The van der Waals surface area contributed by atoms with Gasteiger partial charge >= 0.3 is 0 Å². The third-order valence-corrected chi connectivity index (χ3v) is 3.01. The Kier molecular flexibility index (Phi) is 4.81. The molecule has 1 heterocycles. The quantitative estimate of drug-likeness (QED) is 0.657. The van der Waals surface area contributed by atoms with Crippen molar-refractivity contribution in [1.82, 2.24) is 4.98 Å². The van der Waals surface area contributed by atoms with Crippen LogP contribution >= 0.6 is 22.6 Å². The summed E-state index contributed by atoms with van der Waals surface area (Å²) in [4.78, 5) is 4.43. The lowest BCUT2D eigenvalue weighted by Gasteiger charge is -2.11. The number of halogens is 1. The van der Waals surface area contributed by atoms with E-state index in [4.69, 9.17) is 4.74 Å². The number of anilines is 1. The number of nitrogens with one attached hydrogen (secondary N) is 1. The zero-order chi connectivity index (χ0) is 12.8. The van der Waals surface area contributed by atoms with E-state index in [-0.39, 0.29) is 0 Å². The van der Waals surface area contributed by atoms with Crippen LogP contribution in [-0.2, 0) is 6.61 Å². The number of aromatic nitrogens is 1. The molecular formula is C14H15IN2O. The third-order valence-electron chi connectivity index (χ3n) is 2.41. The highest BCUT2D eigenvalue weighted by Crippen LogP contribution is 2.23. The summed E-state index contributed by atoms with van der Waals surface area (Å²) in [5.74, 6) is 1.60. The Balaban J connectivity index is 2.09. The predicted octanol–water partition coefficient (Wildman–Crippen LogP) is 3.70. The standard InChI is InChI=1S/C14H15IN2O/c1-2-16-14-12(8-9-13(15)17-14)18-10-11-6-4-3-5-7-11/h3-9H,2,10H2,1H3,(H,16,17). The van der Waals surface area contributed by atoms with Crippen LogP contribution in [0.25, 0.3) is 0 Å². The molecule has 0 radical (unpaired) electrons. The van der Waals surface area contributed by atoms with Gasteiger partial charge in [0, 0.05) is 6.54 Å². The largest absolute Gasteiger partial charge is 0.485 e. The number of benzene rings is 1. The second-order valence-electron chi connectivity index (χ2n) is 3.79. The molecule has 4 heteroatoms. The summed E-state index contributed by atoms with van der Waals surface area (Å²) in [5.41, 5.74) is 1.15. The Bertz CT molecular complexity index is 502. The first-order valence-electron chi connectivity index (χ1n) is 5.86. The maximum atomic E-state index is 5.80. The smallest absolute Gasteiger partial charge is 0.169 e. The number of nitrogens with zero attached hydrogens (tertiary/aromatic N) is 1. The first-order chi connectivity index (χ1) is 8.79. The number of hydrogen-bond donors (Lipinski definition) is 1. The lowest BCUT2D eigenvalue weighted by molar-refractivity contribution is 0.306. The van der Waals surface area contributed by atoms with Crippen LogP contribution in [0, 0.1) is 3.70 Å². The summed E-state index contributed by atoms with van der Waals surface area (Å²) in [5, 5.41) is 3.21. The molecule has 0 atom stereocenters. The van der Waals surface area contributed by atoms with Crippen LogP contribution in [0.3, 0.4) is 0 Å². The van der Waals surface area contributed by atoms with E-state index in [9.17, 15) is 0 Å². The van der Waals surface area contributed by atoms with E-state index in [1.165, 1.54) is 0 Å². The molecule has 1 aromatic carbocycles. The molecule has 0 bridgehead atoms. The molecule has 2 rings (SSSR count). The van der Waals surface area contributed by atoms with Gasteiger partial charge in [-0.15, -0.1) is 0 Å². The SMILES string of the molecule is CCNc1nc(I)ccc1OCc1ccccc1. The summed E-state index contributed by atoms with van der Waals surface area (Å²) in [6, 6.07) is 14.0. The average Bonchev–Trinajstić information content (AvgIpc) is 2.39. The van der Waals surface area contributed by atoms with Gasteiger partial charge in [-0.3, -0.25) is 0 Å². The molecule has 0 saturated heterocycles. The first kappa shape index (κ1) is 13.1. The van der Waals surface area contributed by atoms with Crippen molar-refractivity contribution in [3.63, 3.8) is 0 Å². The number of rotatable bonds is 5. The topological polar surface area (TPSA) is 34.2 Å². The van der Waals surface area contributed by atoms with E-state index < -0.39 is 0 Å². The van der Waals surface area contributed by atoms with Gasteiger partial charge in [-0.25, -0.2) is 4.98 Å². The van der Waals surface area contributed by atoms with Gasteiger partial charge < -0.3 is 10.1 Å². The Morgan fingerprint density at radius 2 is 1.94 bits per heavy atom. The molecule has 0 spiro atoms. The maximum absolute atomic E-state index is 5.80. The highest BCUT2D eigenvalue weighted by atomic mass is 127. The van der Waals surface area contributed by atoms with Gasteiger partial charge in [-0.05, 0) is 47.2 Å². The van der Waals surface area contributed by atoms with Crippen molar-refractivity contribution in [3.8, 4) is 5.75 Å². The average molecular weight is 354 g/mol. The van der Waals surface area contributed by atoms with E-state index in [0.717, 1.165) is 27.4 Å². The van der Waals surface area contributed by atoms with Crippen LogP contribution in [0.2, 0.25) is 0 Å². The summed E-state index contributed by atoms with van der Waals surface area (Å²) in [6.45, 7) is 3.43.